The van der Waals surface area contributed by atoms with Gasteiger partial charge >= 0.3 is 58.2 Å². The van der Waals surface area contributed by atoms with Gasteiger partial charge in [0.25, 0.3) is 0 Å². The Kier molecular flexibility index (Phi) is 4.63. The van der Waals surface area contributed by atoms with Crippen LogP contribution in [0.25, 0.3) is 16.9 Å². The average Bonchev–Trinajstić information content (AvgIpc) is 2.49. The Balaban J connectivity index is 0.000000980. The van der Waals surface area contributed by atoms with Crippen molar-refractivity contribution in [2.45, 2.75) is 19.9 Å². The van der Waals surface area contributed by atoms with Crippen LogP contribution in [0.4, 0.5) is 5.95 Å². The zero-order chi connectivity index (χ0) is 9.26. The first kappa shape index (κ1) is 12.2. The number of aromatic nitrogens is 4. The molecule has 2 aromatic heterocycles. The van der Waals surface area contributed by atoms with E-state index >= 15 is 0 Å². The smallest absolute Gasteiger partial charge is 0.410 e. The number of fused-ring (bicyclic) bond motifs is 1. The molecule has 68 valence electrons. The van der Waals surface area contributed by atoms with Gasteiger partial charge in [0.1, 0.15) is 0 Å². The summed E-state index contributed by atoms with van der Waals surface area (Å²) >= 11 is 0. The van der Waals surface area contributed by atoms with Crippen LogP contribution in [0, 0.1) is 0 Å². The second kappa shape index (κ2) is 5.30. The number of hydrogen-bond donors (Lipinski definition) is 0. The summed E-state index contributed by atoms with van der Waals surface area (Å²) < 4.78 is 1.94. The van der Waals surface area contributed by atoms with Crippen molar-refractivity contribution in [3.63, 3.8) is 0 Å². The van der Waals surface area contributed by atoms with E-state index in [0.717, 1.165) is 24.1 Å². The molecule has 6 heteroatoms. The van der Waals surface area contributed by atoms with Gasteiger partial charge in [-0.2, -0.15) is 0 Å². The molecular weight excluding hydrogens is 252 g/mol. The van der Waals surface area contributed by atoms with E-state index in [1.165, 1.54) is 0 Å². The van der Waals surface area contributed by atoms with Crippen molar-refractivity contribution in [2.24, 2.45) is 0 Å². The molecule has 0 aromatic carbocycles. The van der Waals surface area contributed by atoms with Crippen molar-refractivity contribution in [1.29, 1.82) is 0 Å². The third kappa shape index (κ3) is 2.39. The number of hydrogen-bond acceptors (Lipinski definition) is 3. The van der Waals surface area contributed by atoms with Gasteiger partial charge in [0.15, 0.2) is 0 Å². The van der Waals surface area contributed by atoms with Gasteiger partial charge in [-0.1, -0.05) is 6.92 Å². The molecule has 0 spiro atoms. The van der Waals surface area contributed by atoms with Gasteiger partial charge in [-0.3, -0.25) is 0 Å². The molecular formula is C8H10N5Rb. The fraction of sp³-hybridized carbons (Fsp3) is 0.375. The molecule has 0 aliphatic heterocycles. The predicted octanol–water partition coefficient (Wildman–Crippen LogP) is -1.08. The van der Waals surface area contributed by atoms with Crippen LogP contribution in [0.5, 0.6) is 0 Å². The van der Waals surface area contributed by atoms with Gasteiger partial charge in [-0.05, 0) is 12.6 Å². The third-order valence-corrected chi connectivity index (χ3v) is 1.82. The van der Waals surface area contributed by atoms with E-state index in [1.807, 2.05) is 4.57 Å². The predicted molar refractivity (Wildman–Crippen MR) is 49.6 cm³/mol. The van der Waals surface area contributed by atoms with E-state index in [4.69, 9.17) is 5.73 Å². The van der Waals surface area contributed by atoms with E-state index in [0.29, 0.717) is 0 Å². The van der Waals surface area contributed by atoms with Gasteiger partial charge < -0.3 is 20.3 Å². The molecule has 0 amide bonds. The van der Waals surface area contributed by atoms with E-state index in [9.17, 15) is 0 Å². The van der Waals surface area contributed by atoms with Gasteiger partial charge in [-0.15, -0.1) is 0 Å². The minimum absolute atomic E-state index is 0. The first-order valence-electron chi connectivity index (χ1n) is 4.20. The molecule has 0 aliphatic rings. The SMILES string of the molecule is CCCn1cnc2cnc([NH-])nc21.[Rb+]. The van der Waals surface area contributed by atoms with Crippen molar-refractivity contribution >= 4 is 17.1 Å². The molecule has 0 atom stereocenters. The van der Waals surface area contributed by atoms with Crippen LogP contribution < -0.4 is 58.2 Å². The molecule has 14 heavy (non-hydrogen) atoms. The van der Waals surface area contributed by atoms with Crippen molar-refractivity contribution in [3.8, 4) is 0 Å². The van der Waals surface area contributed by atoms with Crippen molar-refractivity contribution in [1.82, 2.24) is 19.5 Å². The number of nitrogens with one attached hydrogen (secondary N) is 1. The molecule has 0 radical (unpaired) electrons. The van der Waals surface area contributed by atoms with Crippen LogP contribution in [-0.4, -0.2) is 19.5 Å². The molecule has 0 fully saturated rings. The summed E-state index contributed by atoms with van der Waals surface area (Å²) in [5, 5.41) is 0. The number of rotatable bonds is 2. The molecule has 2 aromatic rings. The second-order valence-corrected chi connectivity index (χ2v) is 2.84. The Labute approximate surface area is 131 Å². The summed E-state index contributed by atoms with van der Waals surface area (Å²) in [6.07, 6.45) is 4.35. The Hall–Kier alpha value is 0.155. The standard InChI is InChI=1S/C8H10N5.Rb/c1-2-3-13-5-11-6-4-10-8(9)12-7(6)13;/h4-5H,2-3H2,1H3,(H-,9,10,12);/q-1;+1. The number of nitrogens with zero attached hydrogens (tertiary/aromatic N) is 4. The first-order valence-corrected chi connectivity index (χ1v) is 4.20. The maximum atomic E-state index is 7.28. The number of imidazole rings is 1. The van der Waals surface area contributed by atoms with Gasteiger partial charge in [-0.25, -0.2) is 4.98 Å². The Morgan fingerprint density at radius 2 is 2.21 bits per heavy atom. The van der Waals surface area contributed by atoms with Crippen LogP contribution >= 0.6 is 0 Å². The van der Waals surface area contributed by atoms with Crippen LogP contribution in [0.15, 0.2) is 12.5 Å². The topological polar surface area (TPSA) is 67.4 Å². The van der Waals surface area contributed by atoms with Crippen molar-refractivity contribution in [2.75, 3.05) is 0 Å². The molecule has 0 saturated carbocycles. The molecule has 2 rings (SSSR count). The molecule has 0 unspecified atom stereocenters. The monoisotopic (exact) mass is 261 g/mol. The summed E-state index contributed by atoms with van der Waals surface area (Å²) in [5.41, 5.74) is 8.79. The summed E-state index contributed by atoms with van der Waals surface area (Å²) in [6.45, 7) is 2.97. The summed E-state index contributed by atoms with van der Waals surface area (Å²) in [6, 6.07) is 0. The first-order chi connectivity index (χ1) is 6.31. The second-order valence-electron chi connectivity index (χ2n) is 2.84. The minimum Gasteiger partial charge on any atom is -0.410 e. The molecule has 1 N–H and O–H groups in total. The van der Waals surface area contributed by atoms with E-state index in [-0.39, 0.29) is 64.1 Å². The Morgan fingerprint density at radius 1 is 1.43 bits per heavy atom. The quantitative estimate of drug-likeness (QED) is 0.691. The van der Waals surface area contributed by atoms with Crippen LogP contribution in [0.1, 0.15) is 13.3 Å². The van der Waals surface area contributed by atoms with E-state index < -0.39 is 0 Å². The Morgan fingerprint density at radius 3 is 2.93 bits per heavy atom. The van der Waals surface area contributed by atoms with Gasteiger partial charge in [0.05, 0.1) is 17.5 Å². The zero-order valence-electron chi connectivity index (χ0n) is 8.36. The van der Waals surface area contributed by atoms with Crippen molar-refractivity contribution in [3.05, 3.63) is 18.3 Å². The van der Waals surface area contributed by atoms with Gasteiger partial charge in [0, 0.05) is 12.5 Å². The summed E-state index contributed by atoms with van der Waals surface area (Å²) in [5.74, 6) is 0.0466. The molecule has 0 saturated heterocycles. The van der Waals surface area contributed by atoms with Gasteiger partial charge in [0.2, 0.25) is 0 Å². The maximum Gasteiger partial charge on any atom is 1.00 e. The Bertz CT molecular complexity index is 425. The van der Waals surface area contributed by atoms with Crippen LogP contribution in [0.3, 0.4) is 0 Å². The molecule has 0 aliphatic carbocycles. The normalized spacial score (nSPS) is 10.1. The summed E-state index contributed by atoms with van der Waals surface area (Å²) in [4.78, 5) is 11.9. The van der Waals surface area contributed by atoms with Crippen molar-refractivity contribution < 1.29 is 58.2 Å². The largest absolute Gasteiger partial charge is 1.00 e. The molecule has 2 heterocycles. The van der Waals surface area contributed by atoms with Crippen LogP contribution in [0.2, 0.25) is 0 Å². The fourth-order valence-corrected chi connectivity index (χ4v) is 1.26. The summed E-state index contributed by atoms with van der Waals surface area (Å²) in [7, 11) is 0. The fourth-order valence-electron chi connectivity index (χ4n) is 1.26. The number of aryl methyl sites for hydroxylation is 1. The minimum atomic E-state index is 0. The third-order valence-electron chi connectivity index (χ3n) is 1.82. The maximum absolute atomic E-state index is 7.28. The molecule has 5 nitrogen and oxygen atoms in total. The zero-order valence-corrected chi connectivity index (χ0v) is 13.3. The van der Waals surface area contributed by atoms with E-state index in [1.54, 1.807) is 12.5 Å². The van der Waals surface area contributed by atoms with Crippen LogP contribution in [-0.2, 0) is 6.54 Å². The van der Waals surface area contributed by atoms with E-state index in [2.05, 4.69) is 21.9 Å². The molecule has 0 bridgehead atoms. The average molecular weight is 262 g/mol.